The number of esters is 3. The molecule has 0 amide bonds. The number of epoxide rings is 1. The van der Waals surface area contributed by atoms with Crippen molar-refractivity contribution in [3.63, 3.8) is 0 Å². The summed E-state index contributed by atoms with van der Waals surface area (Å²) in [6.07, 6.45) is 3.32. The van der Waals surface area contributed by atoms with E-state index in [1.807, 2.05) is 6.07 Å². The monoisotopic (exact) mass is 570 g/mol. The second kappa shape index (κ2) is 8.68. The van der Waals surface area contributed by atoms with Gasteiger partial charge in [0.05, 0.1) is 18.4 Å². The van der Waals surface area contributed by atoms with Crippen LogP contribution in [0.2, 0.25) is 0 Å². The van der Waals surface area contributed by atoms with Crippen LogP contribution in [0.5, 0.6) is 0 Å². The molecular formula is C32H42O9. The summed E-state index contributed by atoms with van der Waals surface area (Å²) in [5.41, 5.74) is -2.39. The lowest BCUT2D eigenvalue weighted by Gasteiger charge is -2.70. The Morgan fingerprint density at radius 1 is 0.854 bits per heavy atom. The highest BCUT2D eigenvalue weighted by atomic mass is 16.6. The highest BCUT2D eigenvalue weighted by Crippen LogP contribution is 2.82. The molecule has 1 aromatic rings. The molecule has 5 fully saturated rings. The van der Waals surface area contributed by atoms with Crippen LogP contribution in [0.1, 0.15) is 92.6 Å². The van der Waals surface area contributed by atoms with Gasteiger partial charge in [-0.2, -0.15) is 0 Å². The summed E-state index contributed by atoms with van der Waals surface area (Å²) >= 11 is 0. The van der Waals surface area contributed by atoms with Crippen molar-refractivity contribution >= 4 is 23.7 Å². The quantitative estimate of drug-likeness (QED) is 0.287. The molecule has 224 valence electrons. The molecule has 0 aromatic carbocycles. The van der Waals surface area contributed by atoms with E-state index in [1.54, 1.807) is 12.5 Å². The first-order valence-electron chi connectivity index (χ1n) is 14.8. The summed E-state index contributed by atoms with van der Waals surface area (Å²) in [4.78, 5) is 51.3. The number of furan rings is 1. The molecule has 4 aliphatic carbocycles. The van der Waals surface area contributed by atoms with E-state index >= 15 is 0 Å². The summed E-state index contributed by atoms with van der Waals surface area (Å²) < 4.78 is 30.2. The molecule has 9 nitrogen and oxygen atoms in total. The fraction of sp³-hybridized carbons (Fsp3) is 0.750. The molecule has 4 saturated carbocycles. The van der Waals surface area contributed by atoms with E-state index in [0.717, 1.165) is 12.0 Å². The van der Waals surface area contributed by atoms with Gasteiger partial charge in [-0.3, -0.25) is 19.2 Å². The Hall–Kier alpha value is -2.68. The minimum Gasteiger partial charge on any atom is -0.472 e. The molecule has 41 heavy (non-hydrogen) atoms. The maximum Gasteiger partial charge on any atom is 0.302 e. The first kappa shape index (κ1) is 28.4. The predicted octanol–water partition coefficient (Wildman–Crippen LogP) is 4.76. The zero-order chi connectivity index (χ0) is 29.9. The van der Waals surface area contributed by atoms with Crippen LogP contribution in [-0.4, -0.2) is 53.7 Å². The number of carbonyl (C=O) groups excluding carboxylic acids is 4. The number of hydrogen-bond donors (Lipinski definition) is 0. The largest absolute Gasteiger partial charge is 0.472 e. The van der Waals surface area contributed by atoms with Crippen LogP contribution in [0.25, 0.3) is 0 Å². The molecule has 0 bridgehead atoms. The SMILES string of the molecule is CC(=O)O[C@H]1C[C@@H](OC(C)=O)C(C)(C)[C@@H]2C[C@@H](OC(C)=O)[C@]3(C)C(CC[C@@]4(C)[C@H](c5ccoc5)C(=O)[C@H]5O[C@]543)[C@@]12C. The Morgan fingerprint density at radius 3 is 2.05 bits per heavy atom. The van der Waals surface area contributed by atoms with E-state index in [2.05, 4.69) is 34.6 Å². The molecule has 2 heterocycles. The molecule has 6 rings (SSSR count). The molecule has 0 N–H and O–H groups in total. The van der Waals surface area contributed by atoms with Gasteiger partial charge in [-0.1, -0.05) is 34.6 Å². The lowest BCUT2D eigenvalue weighted by atomic mass is 9.35. The zero-order valence-corrected chi connectivity index (χ0v) is 25.3. The van der Waals surface area contributed by atoms with Crippen molar-refractivity contribution in [2.24, 2.45) is 33.5 Å². The number of Topliss-reactive ketones (excluding diaryl/α,β-unsaturated/α-hetero) is 1. The van der Waals surface area contributed by atoms with Gasteiger partial charge in [-0.05, 0) is 37.2 Å². The van der Waals surface area contributed by atoms with Crippen LogP contribution in [-0.2, 0) is 38.1 Å². The number of fused-ring (bicyclic) bond motifs is 3. The van der Waals surface area contributed by atoms with E-state index in [4.69, 9.17) is 23.4 Å². The molecule has 1 saturated heterocycles. The van der Waals surface area contributed by atoms with E-state index in [1.165, 1.54) is 20.8 Å². The smallest absolute Gasteiger partial charge is 0.302 e. The van der Waals surface area contributed by atoms with Crippen molar-refractivity contribution in [1.29, 1.82) is 0 Å². The summed E-state index contributed by atoms with van der Waals surface area (Å²) in [5.74, 6) is -1.76. The minimum absolute atomic E-state index is 0.0417. The number of carbonyl (C=O) groups is 4. The predicted molar refractivity (Wildman–Crippen MR) is 144 cm³/mol. The molecular weight excluding hydrogens is 528 g/mol. The summed E-state index contributed by atoms with van der Waals surface area (Å²) in [6.45, 7) is 14.9. The second-order valence-electron chi connectivity index (χ2n) is 14.4. The Kier molecular flexibility index (Phi) is 6.02. The third kappa shape index (κ3) is 3.38. The number of ketones is 1. The van der Waals surface area contributed by atoms with E-state index in [9.17, 15) is 19.2 Å². The van der Waals surface area contributed by atoms with Crippen molar-refractivity contribution in [1.82, 2.24) is 0 Å². The molecule has 0 radical (unpaired) electrons. The molecule has 5 aliphatic rings. The third-order valence-corrected chi connectivity index (χ3v) is 12.4. The Morgan fingerprint density at radius 2 is 1.46 bits per heavy atom. The molecule has 1 unspecified atom stereocenters. The number of ether oxygens (including phenoxy) is 4. The highest BCUT2D eigenvalue weighted by molar-refractivity contribution is 5.98. The van der Waals surface area contributed by atoms with Crippen molar-refractivity contribution < 1.29 is 42.5 Å². The molecule has 1 spiro atoms. The van der Waals surface area contributed by atoms with Gasteiger partial charge in [0.15, 0.2) is 5.78 Å². The van der Waals surface area contributed by atoms with Gasteiger partial charge in [-0.25, -0.2) is 0 Å². The van der Waals surface area contributed by atoms with E-state index < -0.39 is 63.6 Å². The average Bonchev–Trinajstić information content (AvgIpc) is 3.34. The first-order valence-corrected chi connectivity index (χ1v) is 14.8. The van der Waals surface area contributed by atoms with Gasteiger partial charge in [0.2, 0.25) is 0 Å². The number of rotatable bonds is 4. The molecule has 1 aliphatic heterocycles. The Labute approximate surface area is 241 Å². The van der Waals surface area contributed by atoms with Gasteiger partial charge in [0.1, 0.15) is 30.0 Å². The fourth-order valence-corrected chi connectivity index (χ4v) is 10.9. The highest BCUT2D eigenvalue weighted by Gasteiger charge is 2.90. The standard InChI is InChI=1S/C32H42O9/c1-16(33)38-22-14-23(39-17(2)34)30(7)20-9-11-29(6)25(19-10-12-37-15-19)26(36)27-32(29,41-27)31(20,8)24(40-18(3)35)13-21(30)28(22,4)5/h10,12,15,20-25,27H,9,11,13-14H2,1-8H3/t20?,21-,22+,23-,24+,25+,27+,29-,30+,31-,32+/m0/s1. The van der Waals surface area contributed by atoms with Gasteiger partial charge < -0.3 is 23.4 Å². The van der Waals surface area contributed by atoms with Crippen LogP contribution < -0.4 is 0 Å². The van der Waals surface area contributed by atoms with Crippen molar-refractivity contribution in [3.05, 3.63) is 24.2 Å². The van der Waals surface area contributed by atoms with Crippen LogP contribution >= 0.6 is 0 Å². The van der Waals surface area contributed by atoms with Crippen molar-refractivity contribution in [2.45, 2.75) is 117 Å². The normalized spacial score (nSPS) is 47.2. The Bertz CT molecular complexity index is 1300. The summed E-state index contributed by atoms with van der Waals surface area (Å²) in [5, 5.41) is 0. The van der Waals surface area contributed by atoms with Gasteiger partial charge in [0.25, 0.3) is 0 Å². The Balaban J connectivity index is 1.53. The van der Waals surface area contributed by atoms with Gasteiger partial charge >= 0.3 is 17.9 Å². The second-order valence-corrected chi connectivity index (χ2v) is 14.4. The molecule has 11 atom stereocenters. The van der Waals surface area contributed by atoms with Gasteiger partial charge in [-0.15, -0.1) is 0 Å². The molecule has 9 heteroatoms. The summed E-state index contributed by atoms with van der Waals surface area (Å²) in [6, 6.07) is 1.86. The fourth-order valence-electron chi connectivity index (χ4n) is 10.9. The maximum absolute atomic E-state index is 14.0. The van der Waals surface area contributed by atoms with Crippen molar-refractivity contribution in [3.8, 4) is 0 Å². The molecule has 1 aromatic heterocycles. The van der Waals surface area contributed by atoms with Crippen molar-refractivity contribution in [2.75, 3.05) is 0 Å². The third-order valence-electron chi connectivity index (χ3n) is 12.4. The first-order chi connectivity index (χ1) is 19.1. The van der Waals surface area contributed by atoms with Crippen LogP contribution in [0.3, 0.4) is 0 Å². The topological polar surface area (TPSA) is 122 Å². The van der Waals surface area contributed by atoms with Crippen LogP contribution in [0.15, 0.2) is 23.0 Å². The summed E-state index contributed by atoms with van der Waals surface area (Å²) in [7, 11) is 0. The average molecular weight is 571 g/mol. The number of hydrogen-bond acceptors (Lipinski definition) is 9. The lowest BCUT2D eigenvalue weighted by Crippen LogP contribution is -2.74. The zero-order valence-electron chi connectivity index (χ0n) is 25.3. The van der Waals surface area contributed by atoms with Crippen LogP contribution in [0, 0.1) is 33.5 Å². The van der Waals surface area contributed by atoms with Gasteiger partial charge in [0, 0.05) is 54.4 Å². The van der Waals surface area contributed by atoms with E-state index in [0.29, 0.717) is 19.3 Å². The maximum atomic E-state index is 14.0. The minimum atomic E-state index is -0.853. The van der Waals surface area contributed by atoms with Crippen LogP contribution in [0.4, 0.5) is 0 Å². The lowest BCUT2D eigenvalue weighted by molar-refractivity contribution is -0.289. The van der Waals surface area contributed by atoms with E-state index in [-0.39, 0.29) is 29.5 Å².